The normalized spacial score (nSPS) is 50.1. The Balaban J connectivity index is 2.19. The monoisotopic (exact) mass is 140 g/mol. The van der Waals surface area contributed by atoms with E-state index >= 15 is 0 Å². The molecule has 2 saturated carbocycles. The quantitative estimate of drug-likeness (QED) is 0.544. The minimum Gasteiger partial charge on any atom is -0.393 e. The Labute approximate surface area is 62.4 Å². The lowest BCUT2D eigenvalue weighted by Gasteiger charge is -2.39. The van der Waals surface area contributed by atoms with Crippen molar-refractivity contribution in [2.45, 2.75) is 39.2 Å². The number of aliphatic hydroxyl groups is 1. The number of hydrogen-bond donors (Lipinski definition) is 1. The minimum atomic E-state index is -0.0231. The average Bonchev–Trinajstić information content (AvgIpc) is 1.88. The second-order valence-electron chi connectivity index (χ2n) is 4.52. The molecule has 2 aliphatic carbocycles. The molecule has 3 atom stereocenters. The van der Waals surface area contributed by atoms with Crippen LogP contribution in [0.2, 0.25) is 0 Å². The van der Waals surface area contributed by atoms with Gasteiger partial charge in [-0.15, -0.1) is 0 Å². The zero-order valence-corrected chi connectivity index (χ0v) is 6.80. The predicted molar refractivity (Wildman–Crippen MR) is 40.6 cm³/mol. The van der Waals surface area contributed by atoms with Crippen molar-refractivity contribution in [3.05, 3.63) is 0 Å². The van der Waals surface area contributed by atoms with Crippen molar-refractivity contribution < 1.29 is 5.11 Å². The molecule has 0 heterocycles. The number of aliphatic hydroxyl groups excluding tert-OH is 1. The van der Waals surface area contributed by atoms with E-state index in [0.29, 0.717) is 0 Å². The van der Waals surface area contributed by atoms with Crippen LogP contribution in [0.25, 0.3) is 0 Å². The maximum atomic E-state index is 9.64. The van der Waals surface area contributed by atoms with E-state index in [1.54, 1.807) is 0 Å². The van der Waals surface area contributed by atoms with Crippen LogP contribution in [0.3, 0.4) is 0 Å². The fourth-order valence-electron chi connectivity index (χ4n) is 2.67. The third kappa shape index (κ3) is 0.619. The van der Waals surface area contributed by atoms with Crippen LogP contribution in [0.15, 0.2) is 0 Å². The topological polar surface area (TPSA) is 20.2 Å². The van der Waals surface area contributed by atoms with Crippen LogP contribution in [0.1, 0.15) is 33.1 Å². The van der Waals surface area contributed by atoms with Crippen molar-refractivity contribution in [3.8, 4) is 0 Å². The zero-order valence-electron chi connectivity index (χ0n) is 6.80. The van der Waals surface area contributed by atoms with Gasteiger partial charge in [0.25, 0.3) is 0 Å². The van der Waals surface area contributed by atoms with Gasteiger partial charge in [-0.2, -0.15) is 0 Å². The summed E-state index contributed by atoms with van der Waals surface area (Å²) < 4.78 is 0. The van der Waals surface area contributed by atoms with Gasteiger partial charge >= 0.3 is 0 Å². The summed E-state index contributed by atoms with van der Waals surface area (Å²) in [7, 11) is 0. The summed E-state index contributed by atoms with van der Waals surface area (Å²) in [5, 5.41) is 9.64. The fraction of sp³-hybridized carbons (Fsp3) is 1.00. The second-order valence-corrected chi connectivity index (χ2v) is 4.52. The van der Waals surface area contributed by atoms with Crippen molar-refractivity contribution in [3.63, 3.8) is 0 Å². The lowest BCUT2D eigenvalue weighted by Crippen LogP contribution is -2.33. The zero-order chi connectivity index (χ0) is 7.35. The highest BCUT2D eigenvalue weighted by molar-refractivity contribution is 5.02. The predicted octanol–water partition coefficient (Wildman–Crippen LogP) is 1.80. The molecule has 0 aliphatic heterocycles. The van der Waals surface area contributed by atoms with Crippen molar-refractivity contribution in [2.75, 3.05) is 0 Å². The van der Waals surface area contributed by atoms with Crippen molar-refractivity contribution in [2.24, 2.45) is 17.3 Å². The largest absolute Gasteiger partial charge is 0.393 e. The number of fused-ring (bicyclic) bond motifs is 1. The van der Waals surface area contributed by atoms with Gasteiger partial charge in [-0.05, 0) is 36.5 Å². The molecule has 0 spiro atoms. The van der Waals surface area contributed by atoms with Gasteiger partial charge in [0.05, 0.1) is 6.10 Å². The molecular weight excluding hydrogens is 124 g/mol. The van der Waals surface area contributed by atoms with E-state index in [1.165, 1.54) is 12.8 Å². The third-order valence-electron chi connectivity index (χ3n) is 3.76. The van der Waals surface area contributed by atoms with Crippen LogP contribution >= 0.6 is 0 Å². The Morgan fingerprint density at radius 2 is 2.00 bits per heavy atom. The molecule has 2 fully saturated rings. The van der Waals surface area contributed by atoms with Crippen molar-refractivity contribution in [1.29, 1.82) is 0 Å². The summed E-state index contributed by atoms with van der Waals surface area (Å²) in [5.74, 6) is 1.70. The lowest BCUT2D eigenvalue weighted by molar-refractivity contribution is 0.0360. The Bertz CT molecular complexity index is 151. The van der Waals surface area contributed by atoms with E-state index in [1.807, 2.05) is 0 Å². The molecule has 1 heteroatoms. The Kier molecular flexibility index (Phi) is 1.17. The number of hydrogen-bond acceptors (Lipinski definition) is 1. The first-order valence-electron chi connectivity index (χ1n) is 4.30. The van der Waals surface area contributed by atoms with Gasteiger partial charge in [0, 0.05) is 0 Å². The first-order chi connectivity index (χ1) is 4.62. The molecule has 2 aliphatic rings. The second kappa shape index (κ2) is 1.76. The molecule has 2 rings (SSSR count). The smallest absolute Gasteiger partial charge is 0.0596 e. The van der Waals surface area contributed by atoms with Gasteiger partial charge in [0.2, 0.25) is 0 Å². The summed E-state index contributed by atoms with van der Waals surface area (Å²) in [6.45, 7) is 4.42. The van der Waals surface area contributed by atoms with Gasteiger partial charge in [-0.1, -0.05) is 13.8 Å². The lowest BCUT2D eigenvalue weighted by atomic mass is 9.67. The summed E-state index contributed by atoms with van der Waals surface area (Å²) in [6.07, 6.45) is 3.77. The standard InChI is InChI=1S/C9H16O/c1-9(2)7-4-3-6(7)5-8(9)10/h6-8,10H,3-5H2,1-2H3. The van der Waals surface area contributed by atoms with Crippen LogP contribution in [-0.4, -0.2) is 11.2 Å². The highest BCUT2D eigenvalue weighted by Gasteiger charge is 2.52. The minimum absolute atomic E-state index is 0.0231. The fourth-order valence-corrected chi connectivity index (χ4v) is 2.67. The van der Waals surface area contributed by atoms with Crippen LogP contribution in [0.4, 0.5) is 0 Å². The molecule has 3 unspecified atom stereocenters. The Morgan fingerprint density at radius 1 is 1.30 bits per heavy atom. The van der Waals surface area contributed by atoms with Crippen molar-refractivity contribution in [1.82, 2.24) is 0 Å². The van der Waals surface area contributed by atoms with Gasteiger partial charge in [-0.25, -0.2) is 0 Å². The Hall–Kier alpha value is -0.0400. The van der Waals surface area contributed by atoms with E-state index in [0.717, 1.165) is 18.3 Å². The Morgan fingerprint density at radius 3 is 2.20 bits per heavy atom. The molecule has 0 aromatic rings. The van der Waals surface area contributed by atoms with Gasteiger partial charge in [0.1, 0.15) is 0 Å². The average molecular weight is 140 g/mol. The molecule has 1 nitrogen and oxygen atoms in total. The molecule has 1 N–H and O–H groups in total. The van der Waals surface area contributed by atoms with E-state index in [9.17, 15) is 5.11 Å². The maximum Gasteiger partial charge on any atom is 0.0596 e. The van der Waals surface area contributed by atoms with E-state index in [2.05, 4.69) is 13.8 Å². The van der Waals surface area contributed by atoms with Crippen molar-refractivity contribution >= 4 is 0 Å². The molecule has 0 radical (unpaired) electrons. The molecule has 0 bridgehead atoms. The van der Waals surface area contributed by atoms with Crippen LogP contribution in [-0.2, 0) is 0 Å². The summed E-state index contributed by atoms with van der Waals surface area (Å²) in [6, 6.07) is 0. The van der Waals surface area contributed by atoms with E-state index in [-0.39, 0.29) is 11.5 Å². The number of rotatable bonds is 0. The molecule has 10 heavy (non-hydrogen) atoms. The summed E-state index contributed by atoms with van der Waals surface area (Å²) in [5.41, 5.74) is 0.225. The van der Waals surface area contributed by atoms with E-state index in [4.69, 9.17) is 0 Å². The van der Waals surface area contributed by atoms with Gasteiger partial charge in [-0.3, -0.25) is 0 Å². The maximum absolute atomic E-state index is 9.64. The molecule has 0 saturated heterocycles. The van der Waals surface area contributed by atoms with Gasteiger partial charge in [0.15, 0.2) is 0 Å². The first kappa shape index (κ1) is 6.66. The molecule has 58 valence electrons. The third-order valence-corrected chi connectivity index (χ3v) is 3.76. The van der Waals surface area contributed by atoms with Gasteiger partial charge < -0.3 is 5.11 Å². The van der Waals surface area contributed by atoms with Crippen LogP contribution in [0, 0.1) is 17.3 Å². The summed E-state index contributed by atoms with van der Waals surface area (Å²) >= 11 is 0. The molecule has 0 aromatic carbocycles. The molecule has 0 aromatic heterocycles. The highest BCUT2D eigenvalue weighted by atomic mass is 16.3. The highest BCUT2D eigenvalue weighted by Crippen LogP contribution is 2.56. The summed E-state index contributed by atoms with van der Waals surface area (Å²) in [4.78, 5) is 0. The van der Waals surface area contributed by atoms with E-state index < -0.39 is 0 Å². The molecule has 0 amide bonds. The SMILES string of the molecule is CC1(C)C(O)CC2CCC21. The molecular formula is C9H16O. The van der Waals surface area contributed by atoms with Crippen LogP contribution in [0.5, 0.6) is 0 Å². The first-order valence-corrected chi connectivity index (χ1v) is 4.30. The van der Waals surface area contributed by atoms with Crippen LogP contribution < -0.4 is 0 Å².